The monoisotopic (exact) mass is 365 g/mol. The summed E-state index contributed by atoms with van der Waals surface area (Å²) in [6.07, 6.45) is 5.09. The number of piperidine rings is 1. The maximum absolute atomic E-state index is 14.5. The number of esters is 1. The van der Waals surface area contributed by atoms with E-state index < -0.39 is 6.17 Å². The number of carbonyl (C=O) groups excluding carboxylic acids is 2. The highest BCUT2D eigenvalue weighted by atomic mass is 19.1. The fraction of sp³-hybridized carbons (Fsp3) is 0.905. The summed E-state index contributed by atoms with van der Waals surface area (Å²) in [5.74, 6) is 1.12. The van der Waals surface area contributed by atoms with Crippen molar-refractivity contribution >= 4 is 11.9 Å². The highest BCUT2D eigenvalue weighted by Gasteiger charge is 2.63. The molecular weight excluding hydrogens is 333 g/mol. The van der Waals surface area contributed by atoms with E-state index in [9.17, 15) is 14.0 Å². The predicted molar refractivity (Wildman–Crippen MR) is 96.0 cm³/mol. The second-order valence-electron chi connectivity index (χ2n) is 9.79. The van der Waals surface area contributed by atoms with Crippen LogP contribution in [0, 0.1) is 34.5 Å². The molecule has 0 radical (unpaired) electrons. The van der Waals surface area contributed by atoms with Crippen LogP contribution >= 0.6 is 0 Å². The van der Waals surface area contributed by atoms with Crippen LogP contribution in [0.2, 0.25) is 0 Å². The van der Waals surface area contributed by atoms with Crippen molar-refractivity contribution in [1.82, 2.24) is 4.90 Å². The third-order valence-electron chi connectivity index (χ3n) is 9.01. The number of nitrogens with zero attached hydrogens (tertiary/aromatic N) is 1. The molecule has 0 aromatic heterocycles. The zero-order chi connectivity index (χ0) is 18.9. The van der Waals surface area contributed by atoms with Crippen molar-refractivity contribution in [3.63, 3.8) is 0 Å². The van der Waals surface area contributed by atoms with Gasteiger partial charge in [0.1, 0.15) is 0 Å². The third-order valence-corrected chi connectivity index (χ3v) is 9.01. The van der Waals surface area contributed by atoms with E-state index in [0.29, 0.717) is 24.2 Å². The summed E-state index contributed by atoms with van der Waals surface area (Å²) in [6, 6.07) is 0.158. The van der Waals surface area contributed by atoms with Crippen LogP contribution in [0.1, 0.15) is 58.8 Å². The van der Waals surface area contributed by atoms with E-state index in [-0.39, 0.29) is 34.7 Å². The Morgan fingerprint density at radius 1 is 1.12 bits per heavy atom. The van der Waals surface area contributed by atoms with Crippen molar-refractivity contribution in [2.45, 2.75) is 71.0 Å². The highest BCUT2D eigenvalue weighted by Crippen LogP contribution is 2.66. The summed E-state index contributed by atoms with van der Waals surface area (Å²) in [4.78, 5) is 26.2. The number of amides is 1. The predicted octanol–water partition coefficient (Wildman–Crippen LogP) is 3.59. The van der Waals surface area contributed by atoms with Crippen molar-refractivity contribution in [3.8, 4) is 0 Å². The van der Waals surface area contributed by atoms with Gasteiger partial charge in [-0.2, -0.15) is 0 Å². The van der Waals surface area contributed by atoms with Crippen molar-refractivity contribution in [2.75, 3.05) is 14.2 Å². The van der Waals surface area contributed by atoms with Crippen molar-refractivity contribution in [3.05, 3.63) is 0 Å². The molecule has 0 N–H and O–H groups in total. The number of fused-ring (bicyclic) bond motifs is 5. The van der Waals surface area contributed by atoms with Crippen LogP contribution in [0.3, 0.4) is 0 Å². The molecule has 1 aliphatic heterocycles. The lowest BCUT2D eigenvalue weighted by Gasteiger charge is -2.62. The van der Waals surface area contributed by atoms with Gasteiger partial charge < -0.3 is 9.64 Å². The van der Waals surface area contributed by atoms with E-state index in [1.165, 1.54) is 7.11 Å². The second kappa shape index (κ2) is 5.93. The lowest BCUT2D eigenvalue weighted by atomic mass is 9.46. The van der Waals surface area contributed by atoms with E-state index in [0.717, 1.165) is 38.5 Å². The van der Waals surface area contributed by atoms with Gasteiger partial charge in [0.15, 0.2) is 6.17 Å². The summed E-state index contributed by atoms with van der Waals surface area (Å²) >= 11 is 0. The van der Waals surface area contributed by atoms with E-state index >= 15 is 0 Å². The second-order valence-corrected chi connectivity index (χ2v) is 9.79. The molecule has 26 heavy (non-hydrogen) atoms. The van der Waals surface area contributed by atoms with Crippen LogP contribution < -0.4 is 0 Å². The maximum Gasteiger partial charge on any atom is 0.309 e. The molecule has 1 heterocycles. The van der Waals surface area contributed by atoms with Gasteiger partial charge in [-0.25, -0.2) is 4.39 Å². The molecule has 4 rings (SSSR count). The van der Waals surface area contributed by atoms with Crippen molar-refractivity contribution in [1.29, 1.82) is 0 Å². The van der Waals surface area contributed by atoms with Gasteiger partial charge in [-0.1, -0.05) is 13.8 Å². The molecule has 0 bridgehead atoms. The first-order valence-electron chi connectivity index (χ1n) is 10.2. The number of likely N-dealkylation sites (tertiary alicyclic amines) is 1. The number of hydrogen-bond donors (Lipinski definition) is 0. The Hall–Kier alpha value is -1.13. The molecule has 0 aromatic rings. The van der Waals surface area contributed by atoms with Crippen LogP contribution in [-0.4, -0.2) is 43.1 Å². The normalized spacial score (nSPS) is 50.7. The van der Waals surface area contributed by atoms with Gasteiger partial charge in [0.2, 0.25) is 0 Å². The fourth-order valence-electron chi connectivity index (χ4n) is 7.74. The summed E-state index contributed by atoms with van der Waals surface area (Å²) in [5, 5.41) is 0. The zero-order valence-corrected chi connectivity index (χ0v) is 16.5. The molecule has 3 aliphatic carbocycles. The molecule has 3 saturated carbocycles. The van der Waals surface area contributed by atoms with Crippen molar-refractivity contribution < 1.29 is 18.7 Å². The summed E-state index contributed by atoms with van der Waals surface area (Å²) in [6.45, 7) is 4.50. The number of hydrogen-bond acceptors (Lipinski definition) is 3. The molecule has 1 saturated heterocycles. The van der Waals surface area contributed by atoms with Crippen LogP contribution in [0.4, 0.5) is 4.39 Å². The first-order valence-corrected chi connectivity index (χ1v) is 10.2. The number of alkyl halides is 1. The smallest absolute Gasteiger partial charge is 0.309 e. The van der Waals surface area contributed by atoms with Crippen LogP contribution in [0.15, 0.2) is 0 Å². The van der Waals surface area contributed by atoms with Gasteiger partial charge in [0, 0.05) is 13.1 Å². The Balaban J connectivity index is 1.64. The van der Waals surface area contributed by atoms with Gasteiger partial charge >= 0.3 is 5.97 Å². The van der Waals surface area contributed by atoms with Gasteiger partial charge in [-0.15, -0.1) is 0 Å². The Morgan fingerprint density at radius 3 is 2.50 bits per heavy atom. The van der Waals surface area contributed by atoms with E-state index in [1.807, 2.05) is 0 Å². The number of methoxy groups -OCH3 is 1. The first-order chi connectivity index (χ1) is 12.2. The Labute approximate surface area is 155 Å². The Bertz CT molecular complexity index is 624. The minimum absolute atomic E-state index is 0.00788. The van der Waals surface area contributed by atoms with Gasteiger partial charge in [-0.3, -0.25) is 9.59 Å². The molecule has 4 fully saturated rings. The highest BCUT2D eigenvalue weighted by molar-refractivity contribution is 5.82. The third kappa shape index (κ3) is 2.24. The quantitative estimate of drug-likeness (QED) is 0.667. The van der Waals surface area contributed by atoms with E-state index in [4.69, 9.17) is 4.74 Å². The number of ether oxygens (including phenoxy) is 1. The van der Waals surface area contributed by atoms with E-state index in [2.05, 4.69) is 13.8 Å². The number of rotatable bonds is 1. The average molecular weight is 365 g/mol. The molecule has 146 valence electrons. The van der Waals surface area contributed by atoms with Gasteiger partial charge in [0.05, 0.1) is 13.0 Å². The standard InChI is InChI=1S/C21H32FNO3/c1-20-10-9-14-12(13(20)6-7-15(20)19(25)26-4)5-8-17-21(14,2)11-16(22)18(24)23(17)3/h12-17H,5-11H2,1-4H3/t12?,13-,14?,15?,16+,17+,20-,21+/m0/s1. The molecule has 4 aliphatic rings. The van der Waals surface area contributed by atoms with Gasteiger partial charge in [0.25, 0.3) is 5.91 Å². The molecule has 0 spiro atoms. The largest absolute Gasteiger partial charge is 0.469 e. The topological polar surface area (TPSA) is 46.6 Å². The van der Waals surface area contributed by atoms with Crippen LogP contribution in [-0.2, 0) is 14.3 Å². The molecule has 5 heteroatoms. The average Bonchev–Trinajstić information content (AvgIpc) is 2.96. The summed E-state index contributed by atoms with van der Waals surface area (Å²) in [5.41, 5.74) is -0.126. The van der Waals surface area contributed by atoms with Crippen molar-refractivity contribution in [2.24, 2.45) is 34.5 Å². The minimum atomic E-state index is -1.36. The zero-order valence-electron chi connectivity index (χ0n) is 16.5. The van der Waals surface area contributed by atoms with Gasteiger partial charge in [-0.05, 0) is 73.5 Å². The molecule has 0 aromatic carbocycles. The fourth-order valence-corrected chi connectivity index (χ4v) is 7.74. The molecule has 4 nitrogen and oxygen atoms in total. The Morgan fingerprint density at radius 2 is 1.81 bits per heavy atom. The van der Waals surface area contributed by atoms with Crippen LogP contribution in [0.5, 0.6) is 0 Å². The lowest BCUT2D eigenvalue weighted by Crippen LogP contribution is -2.64. The minimum Gasteiger partial charge on any atom is -0.469 e. The summed E-state index contributed by atoms with van der Waals surface area (Å²) in [7, 11) is 3.28. The molecule has 1 amide bonds. The first kappa shape index (κ1) is 18.2. The maximum atomic E-state index is 14.5. The number of carbonyl (C=O) groups is 2. The van der Waals surface area contributed by atoms with E-state index in [1.54, 1.807) is 11.9 Å². The SMILES string of the molecule is COC(=O)C1CC[C@H]2C3CC[C@H]4N(C)C(=O)[C@H](F)C[C@]4(C)C3CC[C@]12C. The lowest BCUT2D eigenvalue weighted by molar-refractivity contribution is -0.171. The Kier molecular flexibility index (Phi) is 4.16. The van der Waals surface area contributed by atoms with Crippen LogP contribution in [0.25, 0.3) is 0 Å². The molecule has 3 unspecified atom stereocenters. The number of halogens is 1. The summed E-state index contributed by atoms with van der Waals surface area (Å²) < 4.78 is 19.6. The molecule has 8 atom stereocenters. The molecular formula is C21H32FNO3.